The van der Waals surface area contributed by atoms with E-state index < -0.39 is 11.7 Å². The zero-order valence-corrected chi connectivity index (χ0v) is 16.1. The summed E-state index contributed by atoms with van der Waals surface area (Å²) >= 11 is 0. The van der Waals surface area contributed by atoms with Gasteiger partial charge in [-0.2, -0.15) is 55.7 Å². The summed E-state index contributed by atoms with van der Waals surface area (Å²) in [6.45, 7) is 4.12. The van der Waals surface area contributed by atoms with Gasteiger partial charge in [0.05, 0.1) is 0 Å². The van der Waals surface area contributed by atoms with Gasteiger partial charge in [-0.25, -0.2) is 23.3 Å². The first-order valence-electron chi connectivity index (χ1n) is 7.34. The Labute approximate surface area is 167 Å². The molecule has 2 nitrogen and oxygen atoms in total. The third-order valence-corrected chi connectivity index (χ3v) is 2.75. The van der Waals surface area contributed by atoms with Crippen molar-refractivity contribution in [1.29, 1.82) is 0 Å². The number of benzene rings is 1. The fraction of sp³-hybridized carbons (Fsp3) is 0.250. The van der Waals surface area contributed by atoms with E-state index in [1.54, 1.807) is 0 Å². The van der Waals surface area contributed by atoms with Crippen LogP contribution in [0.4, 0.5) is 13.2 Å². The number of rotatable bonds is 0. The topological polar surface area (TPSA) is 39.4 Å². The quantitative estimate of drug-likeness (QED) is 0.238. The van der Waals surface area contributed by atoms with Gasteiger partial charge in [-0.15, -0.1) is 12.8 Å². The Morgan fingerprint density at radius 1 is 1.04 bits per heavy atom. The molecular formula is C20H18F3NOTi-. The van der Waals surface area contributed by atoms with Crippen LogP contribution in [-0.2, 0) is 32.7 Å². The van der Waals surface area contributed by atoms with Gasteiger partial charge in [0.15, 0.2) is 0 Å². The van der Waals surface area contributed by atoms with Crippen LogP contribution in [0.1, 0.15) is 32.3 Å². The van der Waals surface area contributed by atoms with E-state index in [2.05, 4.69) is 56.4 Å². The van der Waals surface area contributed by atoms with Crippen molar-refractivity contribution in [2.45, 2.75) is 32.9 Å². The molecule has 0 fully saturated rings. The maximum atomic E-state index is 11.8. The van der Waals surface area contributed by atoms with Crippen molar-refractivity contribution in [3.8, 4) is 0 Å². The van der Waals surface area contributed by atoms with Crippen LogP contribution in [0, 0.1) is 18.2 Å². The predicted octanol–water partition coefficient (Wildman–Crippen LogP) is 5.79. The minimum Gasteiger partial charge on any atom is -0.724 e. The van der Waals surface area contributed by atoms with Crippen molar-refractivity contribution >= 4 is 6.08 Å². The van der Waals surface area contributed by atoms with E-state index in [0.29, 0.717) is 6.08 Å². The second-order valence-electron chi connectivity index (χ2n) is 4.80. The molecule has 0 N–H and O–H groups in total. The van der Waals surface area contributed by atoms with Crippen molar-refractivity contribution < 1.29 is 39.7 Å². The Hall–Kier alpha value is -1.94. The molecule has 135 valence electrons. The molecule has 0 aromatic heterocycles. The summed E-state index contributed by atoms with van der Waals surface area (Å²) in [7, 11) is 0. The smallest absolute Gasteiger partial charge is 0.724 e. The maximum absolute atomic E-state index is 11.8. The predicted molar refractivity (Wildman–Crippen MR) is 91.7 cm³/mol. The van der Waals surface area contributed by atoms with Gasteiger partial charge in [0.2, 0.25) is 0 Å². The molecule has 0 unspecified atom stereocenters. The molecular weight excluding hydrogens is 375 g/mol. The van der Waals surface area contributed by atoms with E-state index in [9.17, 15) is 13.2 Å². The molecule has 0 aliphatic heterocycles. The van der Waals surface area contributed by atoms with Crippen LogP contribution in [0.2, 0.25) is 0 Å². The van der Waals surface area contributed by atoms with Gasteiger partial charge in [0, 0.05) is 0 Å². The zero-order chi connectivity index (χ0) is 19.1. The van der Waals surface area contributed by atoms with Crippen LogP contribution >= 0.6 is 0 Å². The molecule has 1 aromatic carbocycles. The minimum absolute atomic E-state index is 0. The van der Waals surface area contributed by atoms with Gasteiger partial charge >= 0.3 is 27.9 Å². The number of isocyanates is 1. The number of hydrogen-bond acceptors (Lipinski definition) is 1. The molecule has 2 aliphatic rings. The number of alkyl halides is 3. The SMILES string of the molecule is CC1=[C-]CC=C1.CC1=[C-]CC=C1.FC(F)(F)c1[c-]cccc1.[N-]=C=O.[Ti+3]. The summed E-state index contributed by atoms with van der Waals surface area (Å²) in [5.41, 5.74) is 1.82. The summed E-state index contributed by atoms with van der Waals surface area (Å²) in [5, 5.41) is 6.76. The Morgan fingerprint density at radius 2 is 1.50 bits per heavy atom. The maximum Gasteiger partial charge on any atom is 3.00 e. The van der Waals surface area contributed by atoms with Crippen LogP contribution in [-0.4, -0.2) is 6.08 Å². The first kappa shape index (κ1) is 26.3. The van der Waals surface area contributed by atoms with E-state index in [4.69, 9.17) is 10.2 Å². The molecule has 2 aliphatic carbocycles. The first-order chi connectivity index (χ1) is 11.8. The van der Waals surface area contributed by atoms with Gasteiger partial charge in [0.25, 0.3) is 0 Å². The van der Waals surface area contributed by atoms with Crippen molar-refractivity contribution in [2.24, 2.45) is 0 Å². The molecule has 0 saturated heterocycles. The van der Waals surface area contributed by atoms with Crippen LogP contribution < -0.4 is 0 Å². The fourth-order valence-corrected chi connectivity index (χ4v) is 1.60. The summed E-state index contributed by atoms with van der Waals surface area (Å²) in [5.74, 6) is 0. The Morgan fingerprint density at radius 3 is 1.65 bits per heavy atom. The molecule has 1 aromatic rings. The number of allylic oxidation sites excluding steroid dienone is 8. The van der Waals surface area contributed by atoms with E-state index >= 15 is 0 Å². The average Bonchev–Trinajstić information content (AvgIpc) is 3.23. The fourth-order valence-electron chi connectivity index (χ4n) is 1.60. The van der Waals surface area contributed by atoms with Crippen molar-refractivity contribution in [2.75, 3.05) is 0 Å². The Bertz CT molecular complexity index is 620. The molecule has 0 heterocycles. The molecule has 0 atom stereocenters. The second kappa shape index (κ2) is 15.3. The van der Waals surface area contributed by atoms with E-state index in [1.807, 2.05) is 0 Å². The van der Waals surface area contributed by atoms with Crippen molar-refractivity contribution in [1.82, 2.24) is 0 Å². The normalized spacial score (nSPS) is 13.3. The third kappa shape index (κ3) is 14.4. The molecule has 3 rings (SSSR count). The van der Waals surface area contributed by atoms with E-state index in [-0.39, 0.29) is 21.7 Å². The minimum atomic E-state index is -4.26. The summed E-state index contributed by atoms with van der Waals surface area (Å²) < 4.78 is 35.3. The number of halogens is 3. The second-order valence-corrected chi connectivity index (χ2v) is 4.80. The molecule has 6 heteroatoms. The molecule has 1 radical (unpaired) electrons. The van der Waals surface area contributed by atoms with Crippen LogP contribution in [0.3, 0.4) is 0 Å². The largest absolute Gasteiger partial charge is 3.00 e. The van der Waals surface area contributed by atoms with Crippen LogP contribution in [0.5, 0.6) is 0 Å². The molecule has 0 bridgehead atoms. The van der Waals surface area contributed by atoms with Gasteiger partial charge in [-0.1, -0.05) is 19.4 Å². The van der Waals surface area contributed by atoms with Crippen molar-refractivity contribution in [3.63, 3.8) is 0 Å². The molecule has 0 amide bonds. The Kier molecular flexibility index (Phi) is 15.5. The summed E-state index contributed by atoms with van der Waals surface area (Å²) in [6, 6.07) is 7.14. The number of carbonyl (C=O) groups excluding carboxylic acids is 1. The standard InChI is InChI=1S/C7H4F3.2C6H7.CNO.Ti/c8-7(9,10)6-4-2-1-3-5-6;2*1-6-4-2-3-5-6;2-1-3;/h1-4H;2*2,4H,3H2,1H3;;/q4*-1;+3. The van der Waals surface area contributed by atoms with Gasteiger partial charge < -0.3 is 5.41 Å². The zero-order valence-electron chi connectivity index (χ0n) is 14.5. The molecule has 0 spiro atoms. The van der Waals surface area contributed by atoms with Crippen LogP contribution in [0.15, 0.2) is 59.7 Å². The summed E-state index contributed by atoms with van der Waals surface area (Å²) in [4.78, 5) is 8.24. The number of nitrogens with zero attached hydrogens (tertiary/aromatic N) is 1. The summed E-state index contributed by atoms with van der Waals surface area (Å²) in [6.07, 6.45) is 12.9. The Balaban J connectivity index is 0. The first-order valence-corrected chi connectivity index (χ1v) is 7.34. The average molecular weight is 393 g/mol. The van der Waals surface area contributed by atoms with Crippen LogP contribution in [0.25, 0.3) is 5.41 Å². The van der Waals surface area contributed by atoms with Gasteiger partial charge in [-0.3, -0.25) is 16.9 Å². The van der Waals surface area contributed by atoms with Gasteiger partial charge in [0.1, 0.15) is 0 Å². The van der Waals surface area contributed by atoms with Gasteiger partial charge in [-0.05, 0) is 6.08 Å². The molecule has 0 saturated carbocycles. The van der Waals surface area contributed by atoms with Crippen molar-refractivity contribution in [3.05, 3.63) is 88.9 Å². The number of hydrogen-bond donors (Lipinski definition) is 0. The molecule has 26 heavy (non-hydrogen) atoms. The van der Waals surface area contributed by atoms with E-state index in [1.165, 1.54) is 29.3 Å². The monoisotopic (exact) mass is 393 g/mol. The third-order valence-electron chi connectivity index (χ3n) is 2.75. The van der Waals surface area contributed by atoms with E-state index in [0.717, 1.165) is 18.9 Å².